The van der Waals surface area contributed by atoms with E-state index in [2.05, 4.69) is 22.0 Å². The maximum absolute atomic E-state index is 12.7. The van der Waals surface area contributed by atoms with Gasteiger partial charge in [0.15, 0.2) is 0 Å². The van der Waals surface area contributed by atoms with Gasteiger partial charge in [0.2, 0.25) is 0 Å². The Morgan fingerprint density at radius 2 is 1.89 bits per heavy atom. The minimum atomic E-state index is -0.0618. The van der Waals surface area contributed by atoms with Crippen molar-refractivity contribution in [3.05, 3.63) is 75.7 Å². The number of nitrogen functional groups attached to an aromatic ring is 1. The average molecular weight is 376 g/mol. The van der Waals surface area contributed by atoms with Crippen molar-refractivity contribution in [1.29, 1.82) is 0 Å². The third-order valence-corrected chi connectivity index (χ3v) is 4.97. The van der Waals surface area contributed by atoms with E-state index in [4.69, 9.17) is 15.5 Å². The highest BCUT2D eigenvalue weighted by atomic mass is 16.5. The summed E-state index contributed by atoms with van der Waals surface area (Å²) in [5.74, 6) is 1.48. The normalized spacial score (nSPS) is 13.9. The predicted octanol–water partition coefficient (Wildman–Crippen LogP) is 2.98. The molecule has 6 heteroatoms. The molecule has 3 N–H and O–H groups in total. The number of aromatic amines is 1. The quantitative estimate of drug-likeness (QED) is 0.669. The number of nitrogens with zero attached hydrogens (tertiary/aromatic N) is 2. The van der Waals surface area contributed by atoms with Crippen LogP contribution in [0.2, 0.25) is 0 Å². The Balaban J connectivity index is 1.51. The molecule has 0 aliphatic carbocycles. The molecule has 0 radical (unpaired) electrons. The molecule has 0 saturated heterocycles. The van der Waals surface area contributed by atoms with Gasteiger partial charge in [0.25, 0.3) is 5.56 Å². The van der Waals surface area contributed by atoms with Gasteiger partial charge in [-0.2, -0.15) is 0 Å². The van der Waals surface area contributed by atoms with Gasteiger partial charge >= 0.3 is 0 Å². The van der Waals surface area contributed by atoms with Crippen LogP contribution in [0, 0.1) is 0 Å². The molecule has 1 aliphatic heterocycles. The molecule has 144 valence electrons. The van der Waals surface area contributed by atoms with Crippen LogP contribution in [-0.4, -0.2) is 28.0 Å². The zero-order valence-electron chi connectivity index (χ0n) is 15.9. The highest BCUT2D eigenvalue weighted by Gasteiger charge is 2.21. The Morgan fingerprint density at radius 3 is 2.61 bits per heavy atom. The van der Waals surface area contributed by atoms with Crippen molar-refractivity contribution in [2.45, 2.75) is 26.4 Å². The van der Waals surface area contributed by atoms with Crippen LogP contribution in [0.25, 0.3) is 11.4 Å². The number of hydrogen-bond donors (Lipinski definition) is 2. The van der Waals surface area contributed by atoms with Crippen molar-refractivity contribution in [1.82, 2.24) is 14.9 Å². The van der Waals surface area contributed by atoms with E-state index in [9.17, 15) is 4.79 Å². The van der Waals surface area contributed by atoms with Crippen LogP contribution in [0.5, 0.6) is 5.75 Å². The summed E-state index contributed by atoms with van der Waals surface area (Å²) in [6, 6.07) is 15.5. The Morgan fingerprint density at radius 1 is 1.14 bits per heavy atom. The molecule has 0 fully saturated rings. The first-order valence-electron chi connectivity index (χ1n) is 9.54. The van der Waals surface area contributed by atoms with E-state index < -0.39 is 0 Å². The SMILES string of the molecule is CCOc1ccc(CN2CCc3nc(-c4ccc(N)cc4)[nH]c(=O)c3C2)cc1. The van der Waals surface area contributed by atoms with Crippen molar-refractivity contribution >= 4 is 5.69 Å². The summed E-state index contributed by atoms with van der Waals surface area (Å²) in [6.07, 6.45) is 0.762. The molecule has 2 heterocycles. The van der Waals surface area contributed by atoms with Gasteiger partial charge in [0.1, 0.15) is 11.6 Å². The molecule has 6 nitrogen and oxygen atoms in total. The Labute approximate surface area is 164 Å². The van der Waals surface area contributed by atoms with Crippen molar-refractivity contribution in [3.63, 3.8) is 0 Å². The van der Waals surface area contributed by atoms with Crippen molar-refractivity contribution in [2.75, 3.05) is 18.9 Å². The standard InChI is InChI=1S/C22H24N4O2/c1-2-28-18-9-3-15(4-10-18)13-26-12-11-20-19(14-26)22(27)25-21(24-20)16-5-7-17(23)8-6-16/h3-10H,2,11-14,23H2,1H3,(H,24,25,27). The first-order chi connectivity index (χ1) is 13.6. The van der Waals surface area contributed by atoms with E-state index in [1.54, 1.807) is 0 Å². The maximum atomic E-state index is 12.7. The molecule has 3 aromatic rings. The smallest absolute Gasteiger partial charge is 0.255 e. The number of nitrogens with two attached hydrogens (primary N) is 1. The Hall–Kier alpha value is -3.12. The summed E-state index contributed by atoms with van der Waals surface area (Å²) < 4.78 is 5.49. The highest BCUT2D eigenvalue weighted by Crippen LogP contribution is 2.21. The second kappa shape index (κ2) is 7.86. The molecular formula is C22H24N4O2. The first kappa shape index (κ1) is 18.3. The molecule has 0 bridgehead atoms. The summed E-state index contributed by atoms with van der Waals surface area (Å²) in [6.45, 7) is 4.91. The highest BCUT2D eigenvalue weighted by molar-refractivity contribution is 5.58. The monoisotopic (exact) mass is 376 g/mol. The minimum Gasteiger partial charge on any atom is -0.494 e. The van der Waals surface area contributed by atoms with Gasteiger partial charge < -0.3 is 15.5 Å². The first-order valence-corrected chi connectivity index (χ1v) is 9.54. The van der Waals surface area contributed by atoms with Gasteiger partial charge in [0.05, 0.1) is 17.9 Å². The van der Waals surface area contributed by atoms with Crippen molar-refractivity contribution in [3.8, 4) is 17.1 Å². The average Bonchev–Trinajstić information content (AvgIpc) is 2.70. The van der Waals surface area contributed by atoms with Crippen LogP contribution >= 0.6 is 0 Å². The van der Waals surface area contributed by atoms with Gasteiger partial charge in [-0.25, -0.2) is 4.98 Å². The largest absolute Gasteiger partial charge is 0.494 e. The van der Waals surface area contributed by atoms with Crippen LogP contribution in [0.4, 0.5) is 5.69 Å². The lowest BCUT2D eigenvalue weighted by atomic mass is 10.1. The summed E-state index contributed by atoms with van der Waals surface area (Å²) in [7, 11) is 0. The van der Waals surface area contributed by atoms with Gasteiger partial charge in [0, 0.05) is 37.3 Å². The van der Waals surface area contributed by atoms with E-state index in [0.717, 1.165) is 42.1 Å². The van der Waals surface area contributed by atoms with E-state index in [1.165, 1.54) is 5.56 Å². The lowest BCUT2D eigenvalue weighted by Gasteiger charge is -2.27. The lowest BCUT2D eigenvalue weighted by molar-refractivity contribution is 0.241. The third kappa shape index (κ3) is 3.92. The van der Waals surface area contributed by atoms with E-state index >= 15 is 0 Å². The van der Waals surface area contributed by atoms with E-state index in [-0.39, 0.29) is 5.56 Å². The lowest BCUT2D eigenvalue weighted by Crippen LogP contribution is -2.35. The molecule has 4 rings (SSSR count). The van der Waals surface area contributed by atoms with E-state index in [0.29, 0.717) is 24.7 Å². The fourth-order valence-electron chi connectivity index (χ4n) is 3.51. The molecule has 0 spiro atoms. The summed E-state index contributed by atoms with van der Waals surface area (Å²) in [5, 5.41) is 0. The molecule has 1 aliphatic rings. The molecule has 0 saturated carbocycles. The van der Waals surface area contributed by atoms with Gasteiger partial charge in [-0.05, 0) is 48.9 Å². The minimum absolute atomic E-state index is 0.0618. The summed E-state index contributed by atoms with van der Waals surface area (Å²) >= 11 is 0. The number of rotatable bonds is 5. The number of anilines is 1. The number of ether oxygens (including phenoxy) is 1. The van der Waals surface area contributed by atoms with Gasteiger partial charge in [-0.1, -0.05) is 12.1 Å². The molecule has 0 atom stereocenters. The Bertz CT molecular complexity index is 1010. The molecule has 1 aromatic heterocycles. The van der Waals surface area contributed by atoms with Crippen molar-refractivity contribution < 1.29 is 4.74 Å². The zero-order chi connectivity index (χ0) is 19.5. The fourth-order valence-corrected chi connectivity index (χ4v) is 3.51. The molecule has 0 amide bonds. The van der Waals surface area contributed by atoms with E-state index in [1.807, 2.05) is 43.3 Å². The number of benzene rings is 2. The van der Waals surface area contributed by atoms with Gasteiger partial charge in [-0.3, -0.25) is 9.69 Å². The van der Waals surface area contributed by atoms with Crippen LogP contribution in [0.3, 0.4) is 0 Å². The summed E-state index contributed by atoms with van der Waals surface area (Å²) in [5.41, 5.74) is 10.1. The number of nitrogens with one attached hydrogen (secondary N) is 1. The second-order valence-corrected chi connectivity index (χ2v) is 7.00. The summed E-state index contributed by atoms with van der Waals surface area (Å²) in [4.78, 5) is 22.6. The topological polar surface area (TPSA) is 84.2 Å². The molecule has 0 unspecified atom stereocenters. The van der Waals surface area contributed by atoms with Crippen molar-refractivity contribution in [2.24, 2.45) is 0 Å². The van der Waals surface area contributed by atoms with Crippen LogP contribution < -0.4 is 16.0 Å². The number of hydrogen-bond acceptors (Lipinski definition) is 5. The Kier molecular flexibility index (Phi) is 5.12. The second-order valence-electron chi connectivity index (χ2n) is 7.00. The number of fused-ring (bicyclic) bond motifs is 1. The van der Waals surface area contributed by atoms with Gasteiger partial charge in [-0.15, -0.1) is 0 Å². The third-order valence-electron chi connectivity index (χ3n) is 4.97. The molecule has 2 aromatic carbocycles. The van der Waals surface area contributed by atoms with Crippen LogP contribution in [0.15, 0.2) is 53.3 Å². The molecular weight excluding hydrogens is 352 g/mol. The van der Waals surface area contributed by atoms with Crippen LogP contribution in [-0.2, 0) is 19.5 Å². The molecule has 28 heavy (non-hydrogen) atoms. The maximum Gasteiger partial charge on any atom is 0.255 e. The van der Waals surface area contributed by atoms with Crippen LogP contribution in [0.1, 0.15) is 23.7 Å². The zero-order valence-corrected chi connectivity index (χ0v) is 15.9. The number of H-pyrrole nitrogens is 1. The number of aromatic nitrogens is 2. The predicted molar refractivity (Wildman–Crippen MR) is 110 cm³/mol. The fraction of sp³-hybridized carbons (Fsp3) is 0.273.